The summed E-state index contributed by atoms with van der Waals surface area (Å²) in [4.78, 5) is 10.9. The Hall–Kier alpha value is -0.920. The van der Waals surface area contributed by atoms with E-state index in [2.05, 4.69) is 15.9 Å². The lowest BCUT2D eigenvalue weighted by Gasteiger charge is -2.20. The van der Waals surface area contributed by atoms with E-state index in [1.165, 1.54) is 6.07 Å². The number of hydrogen-bond acceptors (Lipinski definition) is 3. The highest BCUT2D eigenvalue weighted by Crippen LogP contribution is 2.27. The fourth-order valence-electron chi connectivity index (χ4n) is 1.64. The summed E-state index contributed by atoms with van der Waals surface area (Å²) < 4.78 is 26.4. The van der Waals surface area contributed by atoms with Gasteiger partial charge in [-0.15, -0.1) is 0 Å². The highest BCUT2D eigenvalue weighted by atomic mass is 79.9. The van der Waals surface area contributed by atoms with Crippen LogP contribution in [-0.2, 0) is 14.8 Å². The van der Waals surface area contributed by atoms with E-state index in [9.17, 15) is 13.2 Å². The van der Waals surface area contributed by atoms with Crippen molar-refractivity contribution in [1.82, 2.24) is 4.31 Å². The monoisotopic (exact) mass is 349 g/mol. The number of nitrogens with zero attached hydrogens (tertiary/aromatic N) is 1. The molecule has 0 saturated carbocycles. The lowest BCUT2D eigenvalue weighted by molar-refractivity contribution is -0.137. The number of rotatable bonds is 6. The van der Waals surface area contributed by atoms with Crippen molar-refractivity contribution < 1.29 is 18.3 Å². The third kappa shape index (κ3) is 3.77. The van der Waals surface area contributed by atoms with Crippen molar-refractivity contribution in [3.63, 3.8) is 0 Å². The Morgan fingerprint density at radius 2 is 2.05 bits per heavy atom. The molecule has 0 saturated heterocycles. The molecule has 0 aliphatic rings. The second-order valence-electron chi connectivity index (χ2n) is 4.12. The topological polar surface area (TPSA) is 74.7 Å². The van der Waals surface area contributed by atoms with Crippen LogP contribution < -0.4 is 0 Å². The van der Waals surface area contributed by atoms with Crippen LogP contribution in [0.4, 0.5) is 0 Å². The molecule has 0 spiro atoms. The minimum Gasteiger partial charge on any atom is -0.480 e. The van der Waals surface area contributed by atoms with Crippen molar-refractivity contribution in [3.8, 4) is 0 Å². The molecule has 0 radical (unpaired) electrons. The van der Waals surface area contributed by atoms with Crippen LogP contribution in [0.15, 0.2) is 27.6 Å². The smallest absolute Gasteiger partial charge is 0.318 e. The van der Waals surface area contributed by atoms with Crippen LogP contribution in [0.2, 0.25) is 0 Å². The summed E-state index contributed by atoms with van der Waals surface area (Å²) in [5, 5.41) is 8.83. The summed E-state index contributed by atoms with van der Waals surface area (Å²) in [7, 11) is -3.81. The van der Waals surface area contributed by atoms with Crippen molar-refractivity contribution in [3.05, 3.63) is 28.2 Å². The third-order valence-electron chi connectivity index (χ3n) is 2.56. The maximum absolute atomic E-state index is 12.5. The number of carbonyl (C=O) groups is 1. The summed E-state index contributed by atoms with van der Waals surface area (Å²) in [5.41, 5.74) is 0.785. The van der Waals surface area contributed by atoms with Gasteiger partial charge < -0.3 is 5.11 Å². The molecule has 1 aromatic carbocycles. The van der Waals surface area contributed by atoms with Crippen LogP contribution >= 0.6 is 15.9 Å². The first-order chi connectivity index (χ1) is 8.80. The molecule has 19 heavy (non-hydrogen) atoms. The molecule has 0 aliphatic heterocycles. The van der Waals surface area contributed by atoms with Gasteiger partial charge in [0.25, 0.3) is 0 Å². The second-order valence-corrected chi connectivity index (χ2v) is 6.82. The quantitative estimate of drug-likeness (QED) is 0.854. The Balaban J connectivity index is 3.26. The van der Waals surface area contributed by atoms with Crippen LogP contribution in [0.5, 0.6) is 0 Å². The largest absolute Gasteiger partial charge is 0.480 e. The maximum Gasteiger partial charge on any atom is 0.318 e. The third-order valence-corrected chi connectivity index (χ3v) is 5.76. The molecule has 1 aromatic rings. The number of aliphatic carboxylic acids is 1. The summed E-state index contributed by atoms with van der Waals surface area (Å²) >= 11 is 3.25. The molecule has 106 valence electrons. The van der Waals surface area contributed by atoms with Gasteiger partial charge in [-0.2, -0.15) is 4.31 Å². The predicted molar refractivity (Wildman–Crippen MR) is 75.6 cm³/mol. The van der Waals surface area contributed by atoms with Crippen LogP contribution in [0, 0.1) is 6.92 Å². The van der Waals surface area contributed by atoms with E-state index in [1.807, 2.05) is 0 Å². The molecular formula is C12H16BrNO4S. The Morgan fingerprint density at radius 3 is 2.58 bits per heavy atom. The van der Waals surface area contributed by atoms with Gasteiger partial charge in [-0.1, -0.05) is 19.1 Å². The molecule has 0 aromatic heterocycles. The number of carboxylic acid groups (broad SMARTS) is 1. The van der Waals surface area contributed by atoms with Crippen molar-refractivity contribution >= 4 is 31.9 Å². The highest BCUT2D eigenvalue weighted by Gasteiger charge is 2.28. The van der Waals surface area contributed by atoms with Crippen molar-refractivity contribution in [2.45, 2.75) is 25.2 Å². The zero-order valence-electron chi connectivity index (χ0n) is 10.8. The van der Waals surface area contributed by atoms with Crippen molar-refractivity contribution in [1.29, 1.82) is 0 Å². The molecule has 0 bridgehead atoms. The Morgan fingerprint density at radius 1 is 1.42 bits per heavy atom. The van der Waals surface area contributed by atoms with Gasteiger partial charge in [-0.3, -0.25) is 4.79 Å². The Labute approximate surface area is 121 Å². The zero-order valence-corrected chi connectivity index (χ0v) is 13.2. The Bertz CT molecular complexity index is 571. The van der Waals surface area contributed by atoms with E-state index < -0.39 is 22.5 Å². The summed E-state index contributed by atoms with van der Waals surface area (Å²) in [6.45, 7) is 3.23. The average Bonchev–Trinajstić information content (AvgIpc) is 2.31. The van der Waals surface area contributed by atoms with Crippen molar-refractivity contribution in [2.75, 3.05) is 13.1 Å². The van der Waals surface area contributed by atoms with Gasteiger partial charge in [0.2, 0.25) is 10.0 Å². The number of carboxylic acids is 1. The Kier molecular flexibility index (Phi) is 5.51. The standard InChI is InChI=1S/C12H16BrNO4S/c1-3-7-14(8-11(15)16)19(17,18)10-6-4-5-9(2)12(10)13/h4-6H,3,7-8H2,1-2H3,(H,15,16). The molecule has 1 N–H and O–H groups in total. The molecule has 0 fully saturated rings. The van der Waals surface area contributed by atoms with E-state index in [-0.39, 0.29) is 11.4 Å². The maximum atomic E-state index is 12.5. The molecule has 0 amide bonds. The normalized spacial score (nSPS) is 11.8. The molecular weight excluding hydrogens is 334 g/mol. The van der Waals surface area contributed by atoms with Gasteiger partial charge >= 0.3 is 5.97 Å². The second kappa shape index (κ2) is 6.49. The minimum absolute atomic E-state index is 0.0993. The lowest BCUT2D eigenvalue weighted by Crippen LogP contribution is -2.36. The first-order valence-corrected chi connectivity index (χ1v) is 8.01. The number of hydrogen-bond donors (Lipinski definition) is 1. The van der Waals surface area contributed by atoms with Gasteiger partial charge in [0.15, 0.2) is 0 Å². The van der Waals surface area contributed by atoms with E-state index >= 15 is 0 Å². The van der Waals surface area contributed by atoms with Gasteiger partial charge in [-0.25, -0.2) is 8.42 Å². The van der Waals surface area contributed by atoms with E-state index in [0.29, 0.717) is 10.9 Å². The van der Waals surface area contributed by atoms with E-state index in [1.54, 1.807) is 26.0 Å². The first kappa shape index (κ1) is 16.1. The average molecular weight is 350 g/mol. The highest BCUT2D eigenvalue weighted by molar-refractivity contribution is 9.10. The fraction of sp³-hybridized carbons (Fsp3) is 0.417. The van der Waals surface area contributed by atoms with Crippen LogP contribution in [-0.4, -0.2) is 36.9 Å². The molecule has 0 heterocycles. The van der Waals surface area contributed by atoms with Gasteiger partial charge in [-0.05, 0) is 40.9 Å². The molecule has 0 atom stereocenters. The van der Waals surface area contributed by atoms with Crippen LogP contribution in [0.3, 0.4) is 0 Å². The number of aryl methyl sites for hydroxylation is 1. The molecule has 0 aliphatic carbocycles. The summed E-state index contributed by atoms with van der Waals surface area (Å²) in [6.07, 6.45) is 0.552. The summed E-state index contributed by atoms with van der Waals surface area (Å²) in [5.74, 6) is -1.17. The number of sulfonamides is 1. The lowest BCUT2D eigenvalue weighted by atomic mass is 10.2. The van der Waals surface area contributed by atoms with Crippen LogP contribution in [0.1, 0.15) is 18.9 Å². The number of benzene rings is 1. The first-order valence-electron chi connectivity index (χ1n) is 5.77. The molecule has 7 heteroatoms. The molecule has 5 nitrogen and oxygen atoms in total. The molecule has 0 unspecified atom stereocenters. The van der Waals surface area contributed by atoms with Gasteiger partial charge in [0, 0.05) is 11.0 Å². The van der Waals surface area contributed by atoms with Crippen molar-refractivity contribution in [2.24, 2.45) is 0 Å². The van der Waals surface area contributed by atoms with E-state index in [4.69, 9.17) is 5.11 Å². The minimum atomic E-state index is -3.81. The summed E-state index contributed by atoms with van der Waals surface area (Å²) in [6, 6.07) is 4.89. The predicted octanol–water partition coefficient (Wildman–Crippen LogP) is 2.24. The fourth-order valence-corrected chi connectivity index (χ4v) is 4.14. The number of halogens is 1. The molecule has 1 rings (SSSR count). The van der Waals surface area contributed by atoms with E-state index in [0.717, 1.165) is 9.87 Å². The van der Waals surface area contributed by atoms with Gasteiger partial charge in [0.05, 0.1) is 4.90 Å². The van der Waals surface area contributed by atoms with Crippen LogP contribution in [0.25, 0.3) is 0 Å². The SMILES string of the molecule is CCCN(CC(=O)O)S(=O)(=O)c1cccc(C)c1Br. The van der Waals surface area contributed by atoms with Gasteiger partial charge in [0.1, 0.15) is 6.54 Å². The zero-order chi connectivity index (χ0) is 14.6.